The molecule has 2 rings (SSSR count). The van der Waals surface area contributed by atoms with E-state index in [0.717, 1.165) is 35.5 Å². The summed E-state index contributed by atoms with van der Waals surface area (Å²) < 4.78 is 0. The summed E-state index contributed by atoms with van der Waals surface area (Å²) in [6.07, 6.45) is 8.89. The standard InChI is InChI=1S/C17H33N/c1-12-5-6-15(11-18-4)17(10-12)16-8-13(2)7-14(3)9-16/h12-18H,5-11H2,1-4H3. The molecule has 5 unspecified atom stereocenters. The Morgan fingerprint density at radius 3 is 2.11 bits per heavy atom. The van der Waals surface area contributed by atoms with Gasteiger partial charge in [0.15, 0.2) is 0 Å². The molecule has 2 aliphatic rings. The first-order chi connectivity index (χ1) is 8.60. The fraction of sp³-hybridized carbons (Fsp3) is 1.00. The van der Waals surface area contributed by atoms with Crippen molar-refractivity contribution in [3.63, 3.8) is 0 Å². The number of rotatable bonds is 3. The summed E-state index contributed by atoms with van der Waals surface area (Å²) in [5.41, 5.74) is 0. The second-order valence-electron chi connectivity index (χ2n) is 7.58. The van der Waals surface area contributed by atoms with Crippen molar-refractivity contribution < 1.29 is 0 Å². The van der Waals surface area contributed by atoms with Crippen molar-refractivity contribution in [2.24, 2.45) is 35.5 Å². The predicted octanol–water partition coefficient (Wildman–Crippen LogP) is 4.33. The fourth-order valence-electron chi connectivity index (χ4n) is 4.94. The van der Waals surface area contributed by atoms with E-state index in [2.05, 4.69) is 33.1 Å². The van der Waals surface area contributed by atoms with Crippen molar-refractivity contribution in [3.05, 3.63) is 0 Å². The first kappa shape index (κ1) is 14.4. The van der Waals surface area contributed by atoms with Crippen LogP contribution in [0.25, 0.3) is 0 Å². The molecule has 2 saturated carbocycles. The van der Waals surface area contributed by atoms with Crippen LogP contribution in [0, 0.1) is 35.5 Å². The van der Waals surface area contributed by atoms with Crippen molar-refractivity contribution >= 4 is 0 Å². The molecule has 0 saturated heterocycles. The Kier molecular flexibility index (Phi) is 5.12. The topological polar surface area (TPSA) is 12.0 Å². The Hall–Kier alpha value is -0.0400. The first-order valence-electron chi connectivity index (χ1n) is 8.24. The third-order valence-electron chi connectivity index (χ3n) is 5.60. The van der Waals surface area contributed by atoms with Gasteiger partial charge in [0, 0.05) is 0 Å². The quantitative estimate of drug-likeness (QED) is 0.787. The van der Waals surface area contributed by atoms with E-state index >= 15 is 0 Å². The molecule has 0 aromatic carbocycles. The molecule has 0 bridgehead atoms. The maximum absolute atomic E-state index is 3.44. The van der Waals surface area contributed by atoms with Crippen molar-refractivity contribution in [2.75, 3.05) is 13.6 Å². The fourth-order valence-corrected chi connectivity index (χ4v) is 4.94. The molecule has 0 amide bonds. The summed E-state index contributed by atoms with van der Waals surface area (Å²) >= 11 is 0. The molecular formula is C17H33N. The minimum Gasteiger partial charge on any atom is -0.319 e. The highest BCUT2D eigenvalue weighted by Crippen LogP contribution is 2.45. The summed E-state index contributed by atoms with van der Waals surface area (Å²) in [4.78, 5) is 0. The van der Waals surface area contributed by atoms with Crippen LogP contribution in [0.2, 0.25) is 0 Å². The second-order valence-corrected chi connectivity index (χ2v) is 7.58. The van der Waals surface area contributed by atoms with E-state index in [9.17, 15) is 0 Å². The summed E-state index contributed by atoms with van der Waals surface area (Å²) in [6.45, 7) is 8.67. The van der Waals surface area contributed by atoms with Gasteiger partial charge in [-0.05, 0) is 81.2 Å². The van der Waals surface area contributed by atoms with E-state index in [1.165, 1.54) is 45.1 Å². The molecule has 5 atom stereocenters. The first-order valence-corrected chi connectivity index (χ1v) is 8.24. The van der Waals surface area contributed by atoms with Gasteiger partial charge in [-0.15, -0.1) is 0 Å². The summed E-state index contributed by atoms with van der Waals surface area (Å²) in [5, 5.41) is 3.44. The van der Waals surface area contributed by atoms with Gasteiger partial charge >= 0.3 is 0 Å². The molecule has 18 heavy (non-hydrogen) atoms. The highest BCUT2D eigenvalue weighted by atomic mass is 14.8. The van der Waals surface area contributed by atoms with Crippen LogP contribution in [-0.4, -0.2) is 13.6 Å². The van der Waals surface area contributed by atoms with Crippen LogP contribution in [0.15, 0.2) is 0 Å². The Labute approximate surface area is 114 Å². The van der Waals surface area contributed by atoms with Gasteiger partial charge < -0.3 is 5.32 Å². The highest BCUT2D eigenvalue weighted by molar-refractivity contribution is 4.88. The average Bonchev–Trinajstić information content (AvgIpc) is 2.30. The molecule has 0 radical (unpaired) electrons. The molecule has 106 valence electrons. The van der Waals surface area contributed by atoms with Crippen molar-refractivity contribution in [2.45, 2.75) is 59.3 Å². The zero-order chi connectivity index (χ0) is 13.1. The maximum Gasteiger partial charge on any atom is -0.00208 e. The molecule has 1 heteroatoms. The molecular weight excluding hydrogens is 218 g/mol. The molecule has 0 aliphatic heterocycles. The van der Waals surface area contributed by atoms with E-state index in [0.29, 0.717) is 0 Å². The monoisotopic (exact) mass is 251 g/mol. The summed E-state index contributed by atoms with van der Waals surface area (Å²) in [5.74, 6) is 5.87. The molecule has 0 spiro atoms. The lowest BCUT2D eigenvalue weighted by Crippen LogP contribution is -2.38. The minimum absolute atomic E-state index is 0.952. The average molecular weight is 251 g/mol. The van der Waals surface area contributed by atoms with Gasteiger partial charge in [0.05, 0.1) is 0 Å². The van der Waals surface area contributed by atoms with Crippen LogP contribution in [0.3, 0.4) is 0 Å². The molecule has 1 N–H and O–H groups in total. The van der Waals surface area contributed by atoms with Crippen molar-refractivity contribution in [1.82, 2.24) is 5.32 Å². The van der Waals surface area contributed by atoms with E-state index in [4.69, 9.17) is 0 Å². The minimum atomic E-state index is 0.952. The number of nitrogens with one attached hydrogen (secondary N) is 1. The van der Waals surface area contributed by atoms with Gasteiger partial charge in [0.2, 0.25) is 0 Å². The molecule has 2 fully saturated rings. The highest BCUT2D eigenvalue weighted by Gasteiger charge is 2.37. The zero-order valence-corrected chi connectivity index (χ0v) is 12.9. The van der Waals surface area contributed by atoms with E-state index in [-0.39, 0.29) is 0 Å². The van der Waals surface area contributed by atoms with Crippen LogP contribution in [0.5, 0.6) is 0 Å². The van der Waals surface area contributed by atoms with E-state index < -0.39 is 0 Å². The molecule has 0 aromatic rings. The number of hydrogen-bond acceptors (Lipinski definition) is 1. The van der Waals surface area contributed by atoms with Crippen LogP contribution >= 0.6 is 0 Å². The van der Waals surface area contributed by atoms with Gasteiger partial charge in [-0.2, -0.15) is 0 Å². The Bertz CT molecular complexity index is 240. The SMILES string of the molecule is CNCC1CCC(C)CC1C1CC(C)CC(C)C1. The third kappa shape index (κ3) is 3.50. The Balaban J connectivity index is 2.01. The van der Waals surface area contributed by atoms with Crippen LogP contribution in [0.1, 0.15) is 59.3 Å². The second kappa shape index (κ2) is 6.41. The Morgan fingerprint density at radius 1 is 0.833 bits per heavy atom. The molecule has 2 aliphatic carbocycles. The van der Waals surface area contributed by atoms with Gasteiger partial charge in [-0.25, -0.2) is 0 Å². The largest absolute Gasteiger partial charge is 0.319 e. The smallest absolute Gasteiger partial charge is 0.00208 e. The van der Waals surface area contributed by atoms with Crippen molar-refractivity contribution in [3.8, 4) is 0 Å². The van der Waals surface area contributed by atoms with E-state index in [1.54, 1.807) is 0 Å². The Morgan fingerprint density at radius 2 is 1.50 bits per heavy atom. The van der Waals surface area contributed by atoms with Crippen molar-refractivity contribution in [1.29, 1.82) is 0 Å². The van der Waals surface area contributed by atoms with Crippen LogP contribution < -0.4 is 5.32 Å². The van der Waals surface area contributed by atoms with Gasteiger partial charge in [-0.1, -0.05) is 27.2 Å². The third-order valence-corrected chi connectivity index (χ3v) is 5.60. The normalized spacial score (nSPS) is 46.0. The van der Waals surface area contributed by atoms with E-state index in [1.807, 2.05) is 0 Å². The molecule has 0 heterocycles. The summed E-state index contributed by atoms with van der Waals surface area (Å²) in [7, 11) is 2.13. The maximum atomic E-state index is 3.44. The predicted molar refractivity (Wildman–Crippen MR) is 79.6 cm³/mol. The van der Waals surface area contributed by atoms with Crippen LogP contribution in [-0.2, 0) is 0 Å². The van der Waals surface area contributed by atoms with Gasteiger partial charge in [0.25, 0.3) is 0 Å². The lowest BCUT2D eigenvalue weighted by molar-refractivity contribution is 0.0706. The summed E-state index contributed by atoms with van der Waals surface area (Å²) in [6, 6.07) is 0. The molecule has 1 nitrogen and oxygen atoms in total. The molecule has 0 aromatic heterocycles. The zero-order valence-electron chi connectivity index (χ0n) is 12.9. The van der Waals surface area contributed by atoms with Crippen LogP contribution in [0.4, 0.5) is 0 Å². The lowest BCUT2D eigenvalue weighted by Gasteiger charge is -2.44. The lowest BCUT2D eigenvalue weighted by atomic mass is 9.62. The van der Waals surface area contributed by atoms with Gasteiger partial charge in [-0.3, -0.25) is 0 Å². The van der Waals surface area contributed by atoms with Gasteiger partial charge in [0.1, 0.15) is 0 Å². The number of hydrogen-bond donors (Lipinski definition) is 1.